The number of hydrogen-bond acceptors (Lipinski definition) is 7. The number of carbonyl (C=O) groups excluding carboxylic acids is 2. The first-order valence-electron chi connectivity index (χ1n) is 11.9. The van der Waals surface area contributed by atoms with Crippen molar-refractivity contribution in [1.29, 1.82) is 0 Å². The largest absolute Gasteiger partial charge is 0.348 e. The van der Waals surface area contributed by atoms with E-state index < -0.39 is 46.3 Å². The zero-order valence-electron chi connectivity index (χ0n) is 21.3. The van der Waals surface area contributed by atoms with Crippen LogP contribution in [0.2, 0.25) is 0 Å². The van der Waals surface area contributed by atoms with Gasteiger partial charge in [-0.2, -0.15) is 4.76 Å². The van der Waals surface area contributed by atoms with E-state index >= 15 is 0 Å². The number of hydrogen-bond donors (Lipinski definition) is 2. The van der Waals surface area contributed by atoms with E-state index in [9.17, 15) is 27.0 Å². The molecule has 3 unspecified atom stereocenters. The summed E-state index contributed by atoms with van der Waals surface area (Å²) in [5.41, 5.74) is 0.441. The maximum atomic E-state index is 14.3. The predicted octanol–water partition coefficient (Wildman–Crippen LogP) is 4.07. The van der Waals surface area contributed by atoms with Crippen molar-refractivity contribution in [3.63, 3.8) is 0 Å². The summed E-state index contributed by atoms with van der Waals surface area (Å²) in [6.07, 6.45) is 1.21. The summed E-state index contributed by atoms with van der Waals surface area (Å²) in [7, 11) is -6.49. The molecular weight excluding hydrogens is 544 g/mol. The van der Waals surface area contributed by atoms with Crippen LogP contribution < -0.4 is 15.3 Å². The summed E-state index contributed by atoms with van der Waals surface area (Å²) >= 11 is 0. The Morgan fingerprint density at radius 1 is 1.10 bits per heavy atom. The molecule has 0 bridgehead atoms. The zero-order valence-corrected chi connectivity index (χ0v) is 23.0. The van der Waals surface area contributed by atoms with Gasteiger partial charge in [-0.05, 0) is 54.8 Å². The highest BCUT2D eigenvalue weighted by molar-refractivity contribution is 7.92. The molecule has 12 heteroatoms. The summed E-state index contributed by atoms with van der Waals surface area (Å²) in [4.78, 5) is 27.9. The summed E-state index contributed by atoms with van der Waals surface area (Å²) in [6.45, 7) is 1.70. The lowest BCUT2D eigenvalue weighted by Gasteiger charge is -2.39. The minimum absolute atomic E-state index is 0.0493. The summed E-state index contributed by atoms with van der Waals surface area (Å²) in [6, 6.07) is 17.3. The second-order valence-electron chi connectivity index (χ2n) is 9.77. The number of nitrogens with zero attached hydrogens (tertiary/aromatic N) is 1. The Hall–Kier alpha value is -3.66. The Morgan fingerprint density at radius 2 is 1.82 bits per heavy atom. The third-order valence-electron chi connectivity index (χ3n) is 6.94. The molecule has 0 radical (unpaired) electrons. The van der Waals surface area contributed by atoms with Crippen LogP contribution in [0.3, 0.4) is 0 Å². The van der Waals surface area contributed by atoms with Gasteiger partial charge in [0.05, 0.1) is 22.7 Å². The lowest BCUT2D eigenvalue weighted by Crippen LogP contribution is -2.52. The molecule has 3 aromatic rings. The SMILES string of the molecule is COP1(=O)N=C(C2C(=O)c3cc(F)ccc3C(C)(Cc3ccccc3)C2=O)Nc2ccc(NS(C)(=O)=O)cc21. The van der Waals surface area contributed by atoms with Crippen LogP contribution >= 0.6 is 7.52 Å². The Bertz CT molecular complexity index is 1710. The van der Waals surface area contributed by atoms with Gasteiger partial charge in [-0.1, -0.05) is 36.4 Å². The molecule has 1 aliphatic carbocycles. The third kappa shape index (κ3) is 4.82. The van der Waals surface area contributed by atoms with Crippen molar-refractivity contribution >= 4 is 51.6 Å². The van der Waals surface area contributed by atoms with Gasteiger partial charge >= 0.3 is 7.52 Å². The number of rotatable bonds is 6. The number of halogens is 1. The molecule has 0 spiro atoms. The molecule has 3 atom stereocenters. The van der Waals surface area contributed by atoms with E-state index in [0.717, 1.165) is 17.9 Å². The fraction of sp³-hybridized carbons (Fsp3) is 0.222. The highest BCUT2D eigenvalue weighted by atomic mass is 32.2. The number of Topliss-reactive ketones (excluding diaryl/α,β-unsaturated/α-hetero) is 2. The highest BCUT2D eigenvalue weighted by Crippen LogP contribution is 2.52. The monoisotopic (exact) mass is 569 g/mol. The molecule has 1 heterocycles. The molecular formula is C27H25FN3O6PS. The molecule has 0 aromatic heterocycles. The Labute approximate surface area is 225 Å². The van der Waals surface area contributed by atoms with Crippen LogP contribution in [-0.4, -0.2) is 39.2 Å². The number of amidine groups is 1. The van der Waals surface area contributed by atoms with E-state index in [1.807, 2.05) is 30.3 Å². The molecule has 2 aliphatic rings. The lowest BCUT2D eigenvalue weighted by molar-refractivity contribution is -0.125. The van der Waals surface area contributed by atoms with Gasteiger partial charge in [-0.15, -0.1) is 0 Å². The quantitative estimate of drug-likeness (QED) is 0.338. The molecule has 0 amide bonds. The van der Waals surface area contributed by atoms with Crippen LogP contribution in [0.1, 0.15) is 28.4 Å². The van der Waals surface area contributed by atoms with Crippen LogP contribution in [0.5, 0.6) is 0 Å². The number of carbonyl (C=O) groups is 2. The minimum Gasteiger partial charge on any atom is -0.342 e. The second kappa shape index (κ2) is 9.51. The van der Waals surface area contributed by atoms with Crippen LogP contribution in [0, 0.1) is 11.7 Å². The van der Waals surface area contributed by atoms with Gasteiger partial charge in [0.25, 0.3) is 0 Å². The van der Waals surface area contributed by atoms with E-state index in [1.54, 1.807) is 6.92 Å². The van der Waals surface area contributed by atoms with Gasteiger partial charge in [-0.3, -0.25) is 18.9 Å². The molecule has 2 N–H and O–H groups in total. The van der Waals surface area contributed by atoms with Crippen LogP contribution in [-0.2, 0) is 35.7 Å². The molecule has 1 aliphatic heterocycles. The predicted molar refractivity (Wildman–Crippen MR) is 147 cm³/mol. The van der Waals surface area contributed by atoms with Gasteiger partial charge < -0.3 is 9.84 Å². The van der Waals surface area contributed by atoms with E-state index in [2.05, 4.69) is 14.8 Å². The van der Waals surface area contributed by atoms with E-state index in [-0.39, 0.29) is 34.5 Å². The molecule has 0 saturated heterocycles. The van der Waals surface area contributed by atoms with Crippen molar-refractivity contribution in [2.75, 3.05) is 23.4 Å². The van der Waals surface area contributed by atoms with Crippen molar-refractivity contribution in [3.8, 4) is 0 Å². The molecule has 0 fully saturated rings. The Balaban J connectivity index is 1.63. The fourth-order valence-corrected chi connectivity index (χ4v) is 7.27. The molecule has 9 nitrogen and oxygen atoms in total. The van der Waals surface area contributed by atoms with Gasteiger partial charge in [-0.25, -0.2) is 12.8 Å². The Morgan fingerprint density at radius 3 is 2.49 bits per heavy atom. The van der Waals surface area contributed by atoms with Crippen molar-refractivity contribution in [2.45, 2.75) is 18.8 Å². The van der Waals surface area contributed by atoms with Gasteiger partial charge in [0.1, 0.15) is 17.6 Å². The van der Waals surface area contributed by atoms with Gasteiger partial charge in [0, 0.05) is 18.4 Å². The summed E-state index contributed by atoms with van der Waals surface area (Å²) < 4.78 is 63.4. The first-order valence-corrected chi connectivity index (χ1v) is 15.4. The zero-order chi connectivity index (χ0) is 28.2. The van der Waals surface area contributed by atoms with Crippen molar-refractivity contribution in [2.24, 2.45) is 10.7 Å². The van der Waals surface area contributed by atoms with Crippen LogP contribution in [0.4, 0.5) is 15.8 Å². The standard InChI is InChI=1S/C27H25FN3O6PS/c1-27(15-16-7-5-4-6-8-16)20-11-9-17(28)13-19(20)24(32)23(25(27)33)26-29-21-12-10-18(31-39(3,35)36)14-22(21)38(34,30-26)37-2/h4-14,23,31H,15H2,1-3H3,(H,29,30,34). The van der Waals surface area contributed by atoms with E-state index in [0.29, 0.717) is 5.56 Å². The van der Waals surface area contributed by atoms with Gasteiger partial charge in [0.15, 0.2) is 11.6 Å². The smallest absolute Gasteiger partial charge is 0.342 e. The van der Waals surface area contributed by atoms with Crippen LogP contribution in [0.15, 0.2) is 71.5 Å². The van der Waals surface area contributed by atoms with Crippen molar-refractivity contribution in [3.05, 3.63) is 89.2 Å². The Kier molecular flexibility index (Phi) is 6.57. The first-order chi connectivity index (χ1) is 18.3. The normalized spacial score (nSPS) is 24.3. The van der Waals surface area contributed by atoms with E-state index in [1.165, 1.54) is 37.4 Å². The number of anilines is 2. The minimum atomic E-state index is -4.04. The summed E-state index contributed by atoms with van der Waals surface area (Å²) in [5.74, 6) is -3.47. The van der Waals surface area contributed by atoms with E-state index in [4.69, 9.17) is 4.52 Å². The molecule has 0 saturated carbocycles. The molecule has 202 valence electrons. The number of benzene rings is 3. The number of nitrogens with one attached hydrogen (secondary N) is 2. The molecule has 5 rings (SSSR count). The summed E-state index contributed by atoms with van der Waals surface area (Å²) in [5, 5.41) is 3.01. The first kappa shape index (κ1) is 26.9. The maximum absolute atomic E-state index is 14.3. The average Bonchev–Trinajstić information content (AvgIpc) is 2.88. The number of ketones is 2. The van der Waals surface area contributed by atoms with Crippen LogP contribution in [0.25, 0.3) is 0 Å². The fourth-order valence-electron chi connectivity index (χ4n) is 5.14. The third-order valence-corrected chi connectivity index (χ3v) is 9.50. The highest BCUT2D eigenvalue weighted by Gasteiger charge is 2.52. The topological polar surface area (TPSA) is 131 Å². The number of fused-ring (bicyclic) bond motifs is 2. The number of sulfonamides is 1. The molecule has 3 aromatic carbocycles. The second-order valence-corrected chi connectivity index (χ2v) is 13.6. The average molecular weight is 570 g/mol. The van der Waals surface area contributed by atoms with Crippen molar-refractivity contribution < 1.29 is 31.5 Å². The lowest BCUT2D eigenvalue weighted by atomic mass is 9.63. The van der Waals surface area contributed by atoms with Crippen molar-refractivity contribution in [1.82, 2.24) is 0 Å². The maximum Gasteiger partial charge on any atom is 0.348 e. The molecule has 39 heavy (non-hydrogen) atoms. The van der Waals surface area contributed by atoms with Gasteiger partial charge in [0.2, 0.25) is 10.0 Å².